The van der Waals surface area contributed by atoms with Crippen molar-refractivity contribution < 1.29 is 25.2 Å². The number of nitrogens with two attached hydrogens (primary N) is 1. The van der Waals surface area contributed by atoms with Crippen molar-refractivity contribution in [2.75, 3.05) is 29.9 Å². The highest BCUT2D eigenvalue weighted by molar-refractivity contribution is 5.84. The van der Waals surface area contributed by atoms with Gasteiger partial charge in [0.05, 0.1) is 18.4 Å². The number of rotatable bonds is 9. The first-order valence-electron chi connectivity index (χ1n) is 14.9. The number of nitrogens with one attached hydrogen (secondary N) is 2. The monoisotopic (exact) mass is 602 g/mol. The molecule has 6 rings (SSSR count). The summed E-state index contributed by atoms with van der Waals surface area (Å²) in [4.78, 5) is 28.5. The Morgan fingerprint density at radius 1 is 1.02 bits per heavy atom. The van der Waals surface area contributed by atoms with Gasteiger partial charge in [-0.25, -0.2) is 4.98 Å². The van der Waals surface area contributed by atoms with Gasteiger partial charge in [0, 0.05) is 38.0 Å². The minimum Gasteiger partial charge on any atom is -0.508 e. The van der Waals surface area contributed by atoms with Crippen LogP contribution in [-0.2, 0) is 4.79 Å². The molecule has 0 radical (unpaired) electrons. The summed E-state index contributed by atoms with van der Waals surface area (Å²) in [5, 5.41) is 47.8. The van der Waals surface area contributed by atoms with Gasteiger partial charge in [-0.1, -0.05) is 31.2 Å². The number of hydrogen-bond donors (Lipinski definition) is 7. The van der Waals surface area contributed by atoms with Crippen LogP contribution in [0.5, 0.6) is 11.5 Å². The molecule has 0 bridgehead atoms. The van der Waals surface area contributed by atoms with Gasteiger partial charge in [0.2, 0.25) is 11.9 Å². The maximum absolute atomic E-state index is 12.1. The number of phenolic OH excluding ortho intramolecular Hbond substituents is 2. The molecule has 1 aliphatic carbocycles. The molecule has 2 aromatic heterocycles. The van der Waals surface area contributed by atoms with E-state index in [0.717, 1.165) is 17.5 Å². The van der Waals surface area contributed by atoms with E-state index in [4.69, 9.17) is 15.7 Å². The number of nitrogens with zero attached hydrogens (tertiary/aromatic N) is 5. The number of benzene rings is 2. The van der Waals surface area contributed by atoms with Crippen molar-refractivity contribution in [1.29, 1.82) is 0 Å². The molecule has 2 fully saturated rings. The second-order valence-electron chi connectivity index (χ2n) is 11.6. The molecule has 13 heteroatoms. The van der Waals surface area contributed by atoms with Crippen LogP contribution in [-0.4, -0.2) is 89.8 Å². The molecule has 1 amide bonds. The average Bonchev–Trinajstić information content (AvgIpc) is 3.72. The van der Waals surface area contributed by atoms with Gasteiger partial charge < -0.3 is 46.3 Å². The molecule has 2 aromatic carbocycles. The topological polar surface area (TPSA) is 195 Å². The molecular weight excluding hydrogens is 564 g/mol. The molecule has 1 saturated carbocycles. The Hall–Kier alpha value is -4.46. The molecule has 8 N–H and O–H groups in total. The number of carbonyl (C=O) groups is 1. The largest absolute Gasteiger partial charge is 0.508 e. The fourth-order valence-electron chi connectivity index (χ4n) is 6.16. The summed E-state index contributed by atoms with van der Waals surface area (Å²) in [7, 11) is 0. The zero-order valence-corrected chi connectivity index (χ0v) is 24.4. The zero-order chi connectivity index (χ0) is 31.0. The SMILES string of the molecule is CCC(=O)N[C@H]1C[C@@H](n2cnc3c(NCC(c4ccc(O)cc4)c4ccc(O)cc4)nc(N4CCC(N)C4)nc32)[C@H](O)[C@@H]1O. The minimum atomic E-state index is -1.14. The van der Waals surface area contributed by atoms with E-state index < -0.39 is 24.3 Å². The normalized spacial score (nSPS) is 23.5. The summed E-state index contributed by atoms with van der Waals surface area (Å²) in [6, 6.07) is 12.8. The van der Waals surface area contributed by atoms with E-state index in [1.165, 1.54) is 0 Å². The number of fused-ring (bicyclic) bond motifs is 1. The molecule has 13 nitrogen and oxygen atoms in total. The Bertz CT molecular complexity index is 1570. The minimum absolute atomic E-state index is 0.00118. The van der Waals surface area contributed by atoms with Gasteiger partial charge in [-0.3, -0.25) is 4.79 Å². The lowest BCUT2D eigenvalue weighted by molar-refractivity contribution is -0.122. The standard InChI is InChI=1S/C31H38N8O5/c1-2-25(42)35-23-13-24(28(44)27(23)43)39-16-34-26-29(36-31(37-30(26)39)38-12-11-19(32)15-38)33-14-22(17-3-7-20(40)8-4-17)18-5-9-21(41)10-6-18/h3-10,16,19,22-24,27-28,40-41,43-44H,2,11-15,32H2,1H3,(H,35,42)(H,33,36,37)/t19?,23-,24+,27+,28-/m0/s1. The summed E-state index contributed by atoms with van der Waals surface area (Å²) >= 11 is 0. The first kappa shape index (κ1) is 29.6. The number of imidazole rings is 1. The number of amides is 1. The third-order valence-electron chi connectivity index (χ3n) is 8.66. The van der Waals surface area contributed by atoms with E-state index >= 15 is 0 Å². The second-order valence-corrected chi connectivity index (χ2v) is 11.6. The summed E-state index contributed by atoms with van der Waals surface area (Å²) in [6.07, 6.45) is 0.695. The Morgan fingerprint density at radius 2 is 1.68 bits per heavy atom. The van der Waals surface area contributed by atoms with E-state index in [9.17, 15) is 25.2 Å². The quantitative estimate of drug-likeness (QED) is 0.147. The Kier molecular flexibility index (Phi) is 8.25. The molecule has 3 heterocycles. The van der Waals surface area contributed by atoms with Crippen LogP contribution in [0.25, 0.3) is 11.2 Å². The van der Waals surface area contributed by atoms with Gasteiger partial charge in [-0.2, -0.15) is 9.97 Å². The molecule has 1 saturated heterocycles. The van der Waals surface area contributed by atoms with E-state index in [1.54, 1.807) is 42.1 Å². The molecule has 4 aromatic rings. The molecular formula is C31H38N8O5. The van der Waals surface area contributed by atoms with Gasteiger partial charge in [0.15, 0.2) is 17.0 Å². The predicted molar refractivity (Wildman–Crippen MR) is 165 cm³/mol. The lowest BCUT2D eigenvalue weighted by atomic mass is 9.91. The van der Waals surface area contributed by atoms with Crippen LogP contribution in [0.1, 0.15) is 49.3 Å². The van der Waals surface area contributed by atoms with Crippen molar-refractivity contribution in [1.82, 2.24) is 24.8 Å². The van der Waals surface area contributed by atoms with E-state index in [0.29, 0.717) is 49.0 Å². The van der Waals surface area contributed by atoms with E-state index in [2.05, 4.69) is 15.6 Å². The Labute approximate surface area is 254 Å². The smallest absolute Gasteiger partial charge is 0.229 e. The van der Waals surface area contributed by atoms with Crippen molar-refractivity contribution in [3.63, 3.8) is 0 Å². The number of aliphatic hydroxyl groups excluding tert-OH is 2. The highest BCUT2D eigenvalue weighted by atomic mass is 16.3. The fourth-order valence-corrected chi connectivity index (χ4v) is 6.16. The molecule has 5 atom stereocenters. The van der Waals surface area contributed by atoms with Gasteiger partial charge in [0.25, 0.3) is 0 Å². The van der Waals surface area contributed by atoms with E-state index in [-0.39, 0.29) is 35.8 Å². The first-order chi connectivity index (χ1) is 21.2. The van der Waals surface area contributed by atoms with Crippen LogP contribution in [0.4, 0.5) is 11.8 Å². The average molecular weight is 603 g/mol. The first-order valence-corrected chi connectivity index (χ1v) is 14.9. The third-order valence-corrected chi connectivity index (χ3v) is 8.66. The van der Waals surface area contributed by atoms with Crippen LogP contribution < -0.4 is 21.3 Å². The van der Waals surface area contributed by atoms with Crippen LogP contribution in [0.3, 0.4) is 0 Å². The number of aliphatic hydroxyl groups is 2. The molecule has 232 valence electrons. The molecule has 1 unspecified atom stereocenters. The van der Waals surface area contributed by atoms with Crippen molar-refractivity contribution in [3.05, 3.63) is 66.0 Å². The fraction of sp³-hybridized carbons (Fsp3) is 0.419. The number of phenols is 2. The zero-order valence-electron chi connectivity index (χ0n) is 24.4. The number of aromatic nitrogens is 4. The number of hydrogen-bond acceptors (Lipinski definition) is 11. The van der Waals surface area contributed by atoms with Gasteiger partial charge in [0.1, 0.15) is 23.7 Å². The molecule has 44 heavy (non-hydrogen) atoms. The van der Waals surface area contributed by atoms with Crippen molar-refractivity contribution in [2.45, 2.75) is 62.4 Å². The maximum atomic E-state index is 12.1. The second kappa shape index (κ2) is 12.3. The summed E-state index contributed by atoms with van der Waals surface area (Å²) < 4.78 is 1.76. The lowest BCUT2D eigenvalue weighted by Crippen LogP contribution is -2.42. The van der Waals surface area contributed by atoms with Crippen molar-refractivity contribution in [2.24, 2.45) is 5.73 Å². The summed E-state index contributed by atoms with van der Waals surface area (Å²) in [6.45, 7) is 3.43. The van der Waals surface area contributed by atoms with Crippen LogP contribution in [0.2, 0.25) is 0 Å². The Morgan fingerprint density at radius 3 is 2.27 bits per heavy atom. The number of carbonyl (C=O) groups excluding carboxylic acids is 1. The highest BCUT2D eigenvalue weighted by Crippen LogP contribution is 2.36. The van der Waals surface area contributed by atoms with Gasteiger partial charge >= 0.3 is 0 Å². The predicted octanol–water partition coefficient (Wildman–Crippen LogP) is 1.58. The van der Waals surface area contributed by atoms with Crippen LogP contribution in [0, 0.1) is 0 Å². The molecule has 0 spiro atoms. The van der Waals surface area contributed by atoms with Gasteiger partial charge in [-0.15, -0.1) is 0 Å². The van der Waals surface area contributed by atoms with Gasteiger partial charge in [-0.05, 0) is 48.2 Å². The maximum Gasteiger partial charge on any atom is 0.229 e. The highest BCUT2D eigenvalue weighted by Gasteiger charge is 2.44. The summed E-state index contributed by atoms with van der Waals surface area (Å²) in [5.41, 5.74) is 9.09. The number of anilines is 2. The molecule has 2 aliphatic rings. The van der Waals surface area contributed by atoms with Crippen LogP contribution in [0.15, 0.2) is 54.9 Å². The Balaban J connectivity index is 1.36. The van der Waals surface area contributed by atoms with Crippen molar-refractivity contribution >= 4 is 28.8 Å². The number of aromatic hydroxyl groups is 2. The summed E-state index contributed by atoms with van der Waals surface area (Å²) in [5.74, 6) is 0.939. The lowest BCUT2D eigenvalue weighted by Gasteiger charge is -2.22. The van der Waals surface area contributed by atoms with Crippen molar-refractivity contribution in [3.8, 4) is 11.5 Å². The van der Waals surface area contributed by atoms with E-state index in [1.807, 2.05) is 29.2 Å². The third kappa shape index (κ3) is 5.85. The van der Waals surface area contributed by atoms with Crippen LogP contribution >= 0.6 is 0 Å². The molecule has 1 aliphatic heterocycles.